The van der Waals surface area contributed by atoms with Gasteiger partial charge in [-0.2, -0.15) is 0 Å². The van der Waals surface area contributed by atoms with Crippen LogP contribution in [0.3, 0.4) is 0 Å². The first kappa shape index (κ1) is 19.2. The van der Waals surface area contributed by atoms with Crippen LogP contribution in [-0.4, -0.2) is 50.3 Å². The van der Waals surface area contributed by atoms with E-state index in [4.69, 9.17) is 9.47 Å². The fourth-order valence-electron chi connectivity index (χ4n) is 2.96. The lowest BCUT2D eigenvalue weighted by Gasteiger charge is -2.26. The smallest absolute Gasteiger partial charge is 0.319 e. The number of ether oxygens (including phenoxy) is 2. The molecule has 27 heavy (non-hydrogen) atoms. The van der Waals surface area contributed by atoms with Crippen molar-refractivity contribution in [3.8, 4) is 11.5 Å². The van der Waals surface area contributed by atoms with Crippen molar-refractivity contribution in [2.24, 2.45) is 0 Å². The predicted octanol–water partition coefficient (Wildman–Crippen LogP) is 3.63. The van der Waals surface area contributed by atoms with E-state index in [2.05, 4.69) is 15.5 Å². The highest BCUT2D eigenvalue weighted by molar-refractivity contribution is 5.90. The summed E-state index contributed by atoms with van der Waals surface area (Å²) in [6.07, 6.45) is 0.912. The lowest BCUT2D eigenvalue weighted by atomic mass is 10.2. The maximum absolute atomic E-state index is 12.2. The molecule has 0 radical (unpaired) electrons. The highest BCUT2D eigenvalue weighted by Gasteiger charge is 2.11. The zero-order valence-corrected chi connectivity index (χ0v) is 15.7. The molecule has 0 saturated carbocycles. The zero-order chi connectivity index (χ0) is 18.9. The van der Waals surface area contributed by atoms with Gasteiger partial charge in [0.15, 0.2) is 5.75 Å². The summed E-state index contributed by atoms with van der Waals surface area (Å²) in [6.45, 7) is 7.14. The van der Waals surface area contributed by atoms with Gasteiger partial charge < -0.3 is 20.1 Å². The highest BCUT2D eigenvalue weighted by Crippen LogP contribution is 2.29. The maximum atomic E-state index is 12.2. The third kappa shape index (κ3) is 6.27. The summed E-state index contributed by atoms with van der Waals surface area (Å²) in [5.41, 5.74) is 1.76. The first-order valence-electron chi connectivity index (χ1n) is 9.39. The Morgan fingerprint density at radius 1 is 1.15 bits per heavy atom. The van der Waals surface area contributed by atoms with Crippen molar-refractivity contribution in [3.63, 3.8) is 0 Å². The van der Waals surface area contributed by atoms with E-state index in [1.165, 1.54) is 0 Å². The number of morpholine rings is 1. The Bertz CT molecular complexity index is 745. The molecule has 1 heterocycles. The fourth-order valence-corrected chi connectivity index (χ4v) is 2.96. The number of rotatable bonds is 7. The van der Waals surface area contributed by atoms with Crippen LogP contribution in [0.2, 0.25) is 0 Å². The van der Waals surface area contributed by atoms with Crippen LogP contribution in [0.5, 0.6) is 11.5 Å². The van der Waals surface area contributed by atoms with Crippen molar-refractivity contribution >= 4 is 11.7 Å². The molecule has 0 aromatic heterocycles. The number of benzene rings is 2. The number of carbonyl (C=O) groups is 1. The molecule has 0 atom stereocenters. The predicted molar refractivity (Wildman–Crippen MR) is 107 cm³/mol. The van der Waals surface area contributed by atoms with Crippen molar-refractivity contribution < 1.29 is 14.3 Å². The third-order valence-corrected chi connectivity index (χ3v) is 4.39. The van der Waals surface area contributed by atoms with Crippen LogP contribution in [0.25, 0.3) is 0 Å². The molecule has 3 rings (SSSR count). The number of aryl methyl sites for hydroxylation is 1. The Labute approximate surface area is 160 Å². The number of hydrogen-bond acceptors (Lipinski definition) is 4. The Morgan fingerprint density at radius 2 is 1.96 bits per heavy atom. The first-order valence-corrected chi connectivity index (χ1v) is 9.39. The van der Waals surface area contributed by atoms with E-state index in [0.717, 1.165) is 50.6 Å². The van der Waals surface area contributed by atoms with Gasteiger partial charge in [-0.15, -0.1) is 0 Å². The number of carbonyl (C=O) groups excluding carboxylic acids is 1. The molecule has 2 amide bonds. The van der Waals surface area contributed by atoms with Crippen molar-refractivity contribution in [2.45, 2.75) is 13.3 Å². The van der Waals surface area contributed by atoms with E-state index < -0.39 is 0 Å². The number of amides is 2. The van der Waals surface area contributed by atoms with Gasteiger partial charge in [0.1, 0.15) is 5.75 Å². The molecule has 1 fully saturated rings. The Kier molecular flexibility index (Phi) is 7.07. The van der Waals surface area contributed by atoms with E-state index in [1.54, 1.807) is 0 Å². The van der Waals surface area contributed by atoms with Gasteiger partial charge in [0.05, 0.1) is 18.9 Å². The maximum Gasteiger partial charge on any atom is 0.319 e. The molecule has 0 bridgehead atoms. The minimum absolute atomic E-state index is 0.225. The SMILES string of the molecule is Cc1cccc(Oc2ccccc2NC(=O)NCCCN2CCOCC2)c1. The third-order valence-electron chi connectivity index (χ3n) is 4.39. The summed E-state index contributed by atoms with van der Waals surface area (Å²) < 4.78 is 11.3. The molecule has 144 valence electrons. The average Bonchev–Trinajstić information content (AvgIpc) is 2.68. The fraction of sp³-hybridized carbons (Fsp3) is 0.381. The van der Waals surface area contributed by atoms with Gasteiger partial charge in [-0.1, -0.05) is 24.3 Å². The molecule has 6 heteroatoms. The molecule has 2 aromatic rings. The average molecular weight is 369 g/mol. The summed E-state index contributed by atoms with van der Waals surface area (Å²) in [7, 11) is 0. The molecule has 0 spiro atoms. The number of hydrogen-bond donors (Lipinski definition) is 2. The Morgan fingerprint density at radius 3 is 2.78 bits per heavy atom. The first-order chi connectivity index (χ1) is 13.2. The van der Waals surface area contributed by atoms with Crippen molar-refractivity contribution in [2.75, 3.05) is 44.7 Å². The topological polar surface area (TPSA) is 62.8 Å². The van der Waals surface area contributed by atoms with E-state index in [0.29, 0.717) is 18.0 Å². The summed E-state index contributed by atoms with van der Waals surface area (Å²) in [5.74, 6) is 1.36. The van der Waals surface area contributed by atoms with Crippen molar-refractivity contribution in [1.29, 1.82) is 0 Å². The van der Waals surface area contributed by atoms with Gasteiger partial charge in [0.2, 0.25) is 0 Å². The van der Waals surface area contributed by atoms with E-state index >= 15 is 0 Å². The minimum Gasteiger partial charge on any atom is -0.455 e. The van der Waals surface area contributed by atoms with Crippen LogP contribution >= 0.6 is 0 Å². The lowest BCUT2D eigenvalue weighted by molar-refractivity contribution is 0.0375. The highest BCUT2D eigenvalue weighted by atomic mass is 16.5. The number of anilines is 1. The minimum atomic E-state index is -0.225. The molecule has 0 unspecified atom stereocenters. The Balaban J connectivity index is 1.47. The standard InChI is InChI=1S/C21H27N3O3/c1-17-6-4-7-18(16-17)27-20-9-3-2-8-19(20)23-21(25)22-10-5-11-24-12-14-26-15-13-24/h2-4,6-9,16H,5,10-15H2,1H3,(H2,22,23,25). The second kappa shape index (κ2) is 9.94. The Hall–Kier alpha value is -2.57. The quantitative estimate of drug-likeness (QED) is 0.732. The zero-order valence-electron chi connectivity index (χ0n) is 15.7. The van der Waals surface area contributed by atoms with E-state index in [9.17, 15) is 4.79 Å². The lowest BCUT2D eigenvalue weighted by Crippen LogP contribution is -2.38. The van der Waals surface area contributed by atoms with E-state index in [-0.39, 0.29) is 6.03 Å². The van der Waals surface area contributed by atoms with E-state index in [1.807, 2.05) is 55.5 Å². The molecule has 2 aromatic carbocycles. The number of nitrogens with one attached hydrogen (secondary N) is 2. The van der Waals surface area contributed by atoms with Gasteiger partial charge >= 0.3 is 6.03 Å². The number of para-hydroxylation sites is 2. The molecular weight excluding hydrogens is 342 g/mol. The van der Waals surface area contributed by atoms with Gasteiger partial charge in [-0.05, 0) is 49.7 Å². The second-order valence-corrected chi connectivity index (χ2v) is 6.60. The molecular formula is C21H27N3O3. The van der Waals surface area contributed by atoms with Gasteiger partial charge in [-0.25, -0.2) is 4.79 Å². The molecule has 1 aliphatic rings. The summed E-state index contributed by atoms with van der Waals surface area (Å²) in [4.78, 5) is 14.6. The van der Waals surface area contributed by atoms with Crippen molar-refractivity contribution in [1.82, 2.24) is 10.2 Å². The molecule has 2 N–H and O–H groups in total. The van der Waals surface area contributed by atoms with Crippen LogP contribution < -0.4 is 15.4 Å². The van der Waals surface area contributed by atoms with Gasteiger partial charge in [0.25, 0.3) is 0 Å². The number of nitrogens with zero attached hydrogens (tertiary/aromatic N) is 1. The molecule has 0 aliphatic carbocycles. The molecule has 1 saturated heterocycles. The van der Waals surface area contributed by atoms with Gasteiger partial charge in [-0.3, -0.25) is 4.90 Å². The van der Waals surface area contributed by atoms with Crippen LogP contribution in [0, 0.1) is 6.92 Å². The van der Waals surface area contributed by atoms with Crippen molar-refractivity contribution in [3.05, 3.63) is 54.1 Å². The largest absolute Gasteiger partial charge is 0.455 e. The van der Waals surface area contributed by atoms with Crippen LogP contribution in [-0.2, 0) is 4.74 Å². The van der Waals surface area contributed by atoms with Gasteiger partial charge in [0, 0.05) is 19.6 Å². The normalized spacial score (nSPS) is 14.6. The monoisotopic (exact) mass is 369 g/mol. The molecule has 6 nitrogen and oxygen atoms in total. The summed E-state index contributed by atoms with van der Waals surface area (Å²) >= 11 is 0. The number of urea groups is 1. The summed E-state index contributed by atoms with van der Waals surface area (Å²) in [5, 5.41) is 5.78. The van der Waals surface area contributed by atoms with Crippen LogP contribution in [0.15, 0.2) is 48.5 Å². The van der Waals surface area contributed by atoms with Crippen LogP contribution in [0.4, 0.5) is 10.5 Å². The second-order valence-electron chi connectivity index (χ2n) is 6.60. The van der Waals surface area contributed by atoms with Crippen LogP contribution in [0.1, 0.15) is 12.0 Å². The molecule has 1 aliphatic heterocycles. The summed E-state index contributed by atoms with van der Waals surface area (Å²) in [6, 6.07) is 15.0.